The minimum Gasteiger partial charge on any atom is -0.481 e. The number of carboxylic acid groups (broad SMARTS) is 1. The van der Waals surface area contributed by atoms with Gasteiger partial charge in [-0.05, 0) is 32.1 Å². The van der Waals surface area contributed by atoms with E-state index in [1.54, 1.807) is 4.90 Å². The van der Waals surface area contributed by atoms with Crippen LogP contribution in [-0.4, -0.2) is 46.7 Å². The molecule has 1 aliphatic carbocycles. The van der Waals surface area contributed by atoms with Crippen molar-refractivity contribution in [3.8, 4) is 0 Å². The number of nitrogens with zero attached hydrogens (tertiary/aromatic N) is 1. The lowest BCUT2D eigenvalue weighted by molar-refractivity contribution is -0.148. The van der Waals surface area contributed by atoms with Crippen molar-refractivity contribution in [2.24, 2.45) is 17.8 Å². The third kappa shape index (κ3) is 2.18. The normalized spacial score (nSPS) is 40.0. The molecular weight excluding hydrogens is 306 g/mol. The molecule has 0 radical (unpaired) electrons. The summed E-state index contributed by atoms with van der Waals surface area (Å²) in [5, 5.41) is 9.48. The van der Waals surface area contributed by atoms with Crippen LogP contribution < -0.4 is 0 Å². The van der Waals surface area contributed by atoms with Gasteiger partial charge >= 0.3 is 5.97 Å². The number of allylic oxidation sites excluding steroid dienone is 2. The molecule has 1 N–H and O–H groups in total. The van der Waals surface area contributed by atoms with Gasteiger partial charge in [0.1, 0.15) is 11.5 Å². The Labute approximate surface area is 141 Å². The van der Waals surface area contributed by atoms with E-state index in [1.807, 2.05) is 12.2 Å². The van der Waals surface area contributed by atoms with Crippen LogP contribution in [-0.2, 0) is 14.3 Å². The Bertz CT molecular complexity index is 679. The molecule has 1 amide bonds. The van der Waals surface area contributed by atoms with Crippen molar-refractivity contribution in [1.29, 1.82) is 0 Å². The molecule has 2 bridgehead atoms. The number of fused-ring (bicyclic) bond motifs is 1. The number of likely N-dealkylation sites (tertiary alicyclic amines) is 1. The van der Waals surface area contributed by atoms with Crippen LogP contribution in [0.5, 0.6) is 0 Å². The molecule has 5 heteroatoms. The summed E-state index contributed by atoms with van der Waals surface area (Å²) in [4.78, 5) is 26.2. The Morgan fingerprint density at radius 3 is 2.96 bits per heavy atom. The average molecular weight is 329 g/mol. The zero-order chi connectivity index (χ0) is 17.1. The Morgan fingerprint density at radius 1 is 1.54 bits per heavy atom. The summed E-state index contributed by atoms with van der Waals surface area (Å²) in [5.41, 5.74) is 1.76. The highest BCUT2D eigenvalue weighted by Crippen LogP contribution is 2.52. The minimum absolute atomic E-state index is 0.0721. The fourth-order valence-corrected chi connectivity index (χ4v) is 4.72. The fourth-order valence-electron chi connectivity index (χ4n) is 4.72. The van der Waals surface area contributed by atoms with E-state index < -0.39 is 29.5 Å². The number of amides is 1. The molecule has 0 aromatic rings. The number of carboxylic acids is 1. The van der Waals surface area contributed by atoms with Crippen LogP contribution in [0.25, 0.3) is 0 Å². The van der Waals surface area contributed by atoms with E-state index in [0.29, 0.717) is 19.0 Å². The van der Waals surface area contributed by atoms with Crippen LogP contribution in [0, 0.1) is 17.8 Å². The predicted octanol–water partition coefficient (Wildman–Crippen LogP) is 2.16. The van der Waals surface area contributed by atoms with Crippen molar-refractivity contribution in [2.45, 2.75) is 37.9 Å². The maximum atomic E-state index is 12.8. The number of carbonyl (C=O) groups excluding carboxylic acids is 1. The number of aliphatic carboxylic acids is 1. The topological polar surface area (TPSA) is 66.8 Å². The van der Waals surface area contributed by atoms with E-state index in [9.17, 15) is 14.7 Å². The molecule has 5 nitrogen and oxygen atoms in total. The maximum Gasteiger partial charge on any atom is 0.310 e. The van der Waals surface area contributed by atoms with E-state index >= 15 is 0 Å². The summed E-state index contributed by atoms with van der Waals surface area (Å²) in [5.74, 6) is -1.79. The first-order valence-electron chi connectivity index (χ1n) is 8.63. The Hall–Kier alpha value is -1.88. The lowest BCUT2D eigenvalue weighted by atomic mass is 9.77. The van der Waals surface area contributed by atoms with Gasteiger partial charge in [0.05, 0.1) is 18.6 Å². The molecule has 1 spiro atoms. The smallest absolute Gasteiger partial charge is 0.310 e. The third-order valence-electron chi connectivity index (χ3n) is 6.06. The van der Waals surface area contributed by atoms with E-state index in [0.717, 1.165) is 19.3 Å². The van der Waals surface area contributed by atoms with Gasteiger partial charge in [-0.25, -0.2) is 0 Å². The number of carbonyl (C=O) groups is 2. The van der Waals surface area contributed by atoms with Gasteiger partial charge in [0.15, 0.2) is 0 Å². The minimum atomic E-state index is -0.937. The van der Waals surface area contributed by atoms with Crippen LogP contribution in [0.3, 0.4) is 0 Å². The second-order valence-electron chi connectivity index (χ2n) is 7.61. The highest BCUT2D eigenvalue weighted by molar-refractivity contribution is 5.90. The van der Waals surface area contributed by atoms with E-state index in [1.165, 1.54) is 11.1 Å². The Morgan fingerprint density at radius 2 is 2.33 bits per heavy atom. The lowest BCUT2D eigenvalue weighted by Gasteiger charge is -2.26. The van der Waals surface area contributed by atoms with Gasteiger partial charge in [0.25, 0.3) is 0 Å². The number of hydrogen-bond acceptors (Lipinski definition) is 3. The molecule has 3 heterocycles. The number of hydrogen-bond donors (Lipinski definition) is 1. The van der Waals surface area contributed by atoms with E-state index in [-0.39, 0.29) is 5.91 Å². The van der Waals surface area contributed by atoms with Crippen molar-refractivity contribution >= 4 is 11.9 Å². The largest absolute Gasteiger partial charge is 0.481 e. The van der Waals surface area contributed by atoms with Gasteiger partial charge in [-0.1, -0.05) is 36.0 Å². The van der Waals surface area contributed by atoms with Crippen LogP contribution in [0.4, 0.5) is 0 Å². The second-order valence-corrected chi connectivity index (χ2v) is 7.61. The van der Waals surface area contributed by atoms with Crippen molar-refractivity contribution in [3.63, 3.8) is 0 Å². The summed E-state index contributed by atoms with van der Waals surface area (Å²) in [6, 6.07) is 0. The van der Waals surface area contributed by atoms with Crippen molar-refractivity contribution in [2.75, 3.05) is 13.1 Å². The maximum absolute atomic E-state index is 12.8. The summed E-state index contributed by atoms with van der Waals surface area (Å²) in [7, 11) is 0. The fraction of sp³-hybridized carbons (Fsp3) is 0.579. The molecule has 0 aromatic heterocycles. The van der Waals surface area contributed by atoms with Crippen molar-refractivity contribution < 1.29 is 19.4 Å². The molecule has 2 fully saturated rings. The van der Waals surface area contributed by atoms with Gasteiger partial charge in [-0.15, -0.1) is 0 Å². The van der Waals surface area contributed by atoms with E-state index in [2.05, 4.69) is 19.6 Å². The third-order valence-corrected chi connectivity index (χ3v) is 6.06. The molecule has 2 saturated heterocycles. The average Bonchev–Trinajstić information content (AvgIpc) is 3.16. The zero-order valence-corrected chi connectivity index (χ0v) is 13.9. The quantitative estimate of drug-likeness (QED) is 0.803. The Kier molecular flexibility index (Phi) is 3.46. The molecule has 0 saturated carbocycles. The molecule has 3 aliphatic heterocycles. The SMILES string of the molecule is C=C(C)[C@H]1CC=C(CN2C[C@]34C=C[C@H](O3)[C@H](C(=O)O)[C@@H]4C2=O)CC1. The highest BCUT2D eigenvalue weighted by Gasteiger charge is 2.67. The Balaban J connectivity index is 1.50. The van der Waals surface area contributed by atoms with Crippen molar-refractivity contribution in [3.05, 3.63) is 36.0 Å². The summed E-state index contributed by atoms with van der Waals surface area (Å²) in [6.07, 6.45) is 8.52. The first kappa shape index (κ1) is 15.6. The van der Waals surface area contributed by atoms with Crippen LogP contribution in [0.15, 0.2) is 36.0 Å². The van der Waals surface area contributed by atoms with Gasteiger partial charge in [0, 0.05) is 6.54 Å². The van der Waals surface area contributed by atoms with Crippen LogP contribution >= 0.6 is 0 Å². The highest BCUT2D eigenvalue weighted by atomic mass is 16.5. The summed E-state index contributed by atoms with van der Waals surface area (Å²) >= 11 is 0. The zero-order valence-electron chi connectivity index (χ0n) is 13.9. The predicted molar refractivity (Wildman–Crippen MR) is 88.2 cm³/mol. The number of ether oxygens (including phenoxy) is 1. The lowest BCUT2D eigenvalue weighted by Crippen LogP contribution is -2.39. The van der Waals surface area contributed by atoms with Crippen LogP contribution in [0.1, 0.15) is 26.2 Å². The molecule has 4 rings (SSSR count). The number of rotatable bonds is 4. The van der Waals surface area contributed by atoms with E-state index in [4.69, 9.17) is 4.74 Å². The van der Waals surface area contributed by atoms with Gasteiger partial charge in [-0.2, -0.15) is 0 Å². The molecule has 0 unspecified atom stereocenters. The van der Waals surface area contributed by atoms with Gasteiger partial charge in [0.2, 0.25) is 5.91 Å². The van der Waals surface area contributed by atoms with Gasteiger partial charge in [-0.3, -0.25) is 9.59 Å². The molecule has 24 heavy (non-hydrogen) atoms. The van der Waals surface area contributed by atoms with Crippen LogP contribution in [0.2, 0.25) is 0 Å². The molecule has 5 atom stereocenters. The first-order valence-corrected chi connectivity index (χ1v) is 8.63. The molecule has 0 aromatic carbocycles. The molecule has 4 aliphatic rings. The molecular formula is C19H23NO4. The summed E-state index contributed by atoms with van der Waals surface area (Å²) in [6.45, 7) is 7.16. The van der Waals surface area contributed by atoms with Gasteiger partial charge < -0.3 is 14.7 Å². The van der Waals surface area contributed by atoms with Crippen molar-refractivity contribution in [1.82, 2.24) is 4.90 Å². The molecule has 128 valence electrons. The second kappa shape index (κ2) is 5.31. The monoisotopic (exact) mass is 329 g/mol. The first-order chi connectivity index (χ1) is 11.4. The standard InChI is InChI=1S/C19H23NO4/c1-11(2)13-5-3-12(4-6-13)9-20-10-19-8-7-14(24-19)15(18(22)23)16(19)17(20)21/h3,7-8,13-16H,1,4-6,9-10H2,2H3,(H,22,23)/t13-,14-,15-,16+,19-/m0/s1. The summed E-state index contributed by atoms with van der Waals surface area (Å²) < 4.78 is 5.91.